The van der Waals surface area contributed by atoms with Crippen LogP contribution in [0.5, 0.6) is 5.75 Å². The van der Waals surface area contributed by atoms with E-state index < -0.39 is 6.43 Å². The van der Waals surface area contributed by atoms with Gasteiger partial charge in [0.05, 0.1) is 34.3 Å². The Bertz CT molecular complexity index is 1400. The van der Waals surface area contributed by atoms with Crippen molar-refractivity contribution in [2.75, 3.05) is 13.2 Å². The zero-order valence-electron chi connectivity index (χ0n) is 18.1. The second kappa shape index (κ2) is 9.12. The van der Waals surface area contributed by atoms with Crippen LogP contribution in [0.3, 0.4) is 0 Å². The molecule has 1 aliphatic rings. The summed E-state index contributed by atoms with van der Waals surface area (Å²) in [6.45, 7) is 3.03. The fraction of sp³-hybridized carbons (Fsp3) is 0.304. The number of benzene rings is 1. The minimum atomic E-state index is -2.76. The summed E-state index contributed by atoms with van der Waals surface area (Å²) in [6, 6.07) is 9.99. The van der Waals surface area contributed by atoms with Crippen molar-refractivity contribution in [2.24, 2.45) is 0 Å². The minimum Gasteiger partial charge on any atom is -0.489 e. The molecule has 3 aromatic heterocycles. The highest BCUT2D eigenvalue weighted by Crippen LogP contribution is 2.33. The van der Waals surface area contributed by atoms with Crippen LogP contribution in [-0.2, 0) is 4.74 Å². The first-order valence-electron chi connectivity index (χ1n) is 10.6. The van der Waals surface area contributed by atoms with E-state index >= 15 is 0 Å². The first-order chi connectivity index (χ1) is 16.4. The van der Waals surface area contributed by atoms with Crippen LogP contribution in [0.1, 0.15) is 36.2 Å². The molecule has 8 nitrogen and oxygen atoms in total. The molecule has 0 N–H and O–H groups in total. The summed E-state index contributed by atoms with van der Waals surface area (Å²) >= 11 is 3.58. The molecule has 4 heterocycles. The average molecular weight is 529 g/mol. The van der Waals surface area contributed by atoms with Crippen molar-refractivity contribution in [1.29, 1.82) is 5.26 Å². The Morgan fingerprint density at radius 2 is 2.03 bits per heavy atom. The quantitative estimate of drug-likeness (QED) is 0.360. The molecule has 0 aliphatic carbocycles. The summed E-state index contributed by atoms with van der Waals surface area (Å²) in [5.41, 5.74) is 1.77. The van der Waals surface area contributed by atoms with Gasteiger partial charge in [0.2, 0.25) is 0 Å². The monoisotopic (exact) mass is 528 g/mol. The molecular formula is C23H19BrF2N6O2. The molecule has 1 aliphatic heterocycles. The zero-order valence-corrected chi connectivity index (χ0v) is 19.7. The van der Waals surface area contributed by atoms with E-state index in [2.05, 4.69) is 31.0 Å². The highest BCUT2D eigenvalue weighted by atomic mass is 79.9. The van der Waals surface area contributed by atoms with Crippen LogP contribution in [0.25, 0.3) is 22.7 Å². The molecule has 5 rings (SSSR count). The number of nitriles is 1. The molecular weight excluding hydrogens is 510 g/mol. The molecule has 0 radical (unpaired) electrons. The van der Waals surface area contributed by atoms with Crippen LogP contribution in [0.2, 0.25) is 0 Å². The highest BCUT2D eigenvalue weighted by Gasteiger charge is 2.21. The smallest absolute Gasteiger partial charge is 0.267 e. The van der Waals surface area contributed by atoms with Crippen molar-refractivity contribution in [3.8, 4) is 23.5 Å². The fourth-order valence-electron chi connectivity index (χ4n) is 3.92. The van der Waals surface area contributed by atoms with Gasteiger partial charge in [-0.3, -0.25) is 4.57 Å². The van der Waals surface area contributed by atoms with Crippen LogP contribution < -0.4 is 4.74 Å². The molecule has 4 aromatic rings. The fourth-order valence-corrected chi connectivity index (χ4v) is 4.35. The van der Waals surface area contributed by atoms with Crippen molar-refractivity contribution in [1.82, 2.24) is 24.3 Å². The minimum absolute atomic E-state index is 0.0353. The first kappa shape index (κ1) is 22.4. The summed E-state index contributed by atoms with van der Waals surface area (Å²) in [4.78, 5) is 8.95. The molecule has 1 fully saturated rings. The molecule has 0 spiro atoms. The van der Waals surface area contributed by atoms with Crippen molar-refractivity contribution in [3.63, 3.8) is 0 Å². The molecule has 0 unspecified atom stereocenters. The number of rotatable bonds is 5. The van der Waals surface area contributed by atoms with Gasteiger partial charge in [0.25, 0.3) is 6.43 Å². The summed E-state index contributed by atoms with van der Waals surface area (Å²) in [7, 11) is 0. The second-order valence-corrected chi connectivity index (χ2v) is 8.75. The Morgan fingerprint density at radius 3 is 2.74 bits per heavy atom. The maximum atomic E-state index is 13.8. The van der Waals surface area contributed by atoms with Crippen LogP contribution in [-0.4, -0.2) is 43.6 Å². The number of fused-ring (bicyclic) bond motifs is 1. The normalized spacial score (nSPS) is 14.6. The van der Waals surface area contributed by atoms with Crippen molar-refractivity contribution < 1.29 is 18.3 Å². The third-order valence-electron chi connectivity index (χ3n) is 5.64. The number of pyridine rings is 1. The number of aromatic nitrogens is 5. The number of hydrogen-bond donors (Lipinski definition) is 0. The van der Waals surface area contributed by atoms with E-state index in [-0.39, 0.29) is 23.2 Å². The van der Waals surface area contributed by atoms with Crippen LogP contribution in [0.4, 0.5) is 8.78 Å². The SMILES string of the molecule is Cc1cc(C#N)nn1-c1nc(-n2cnc3cc(OC4CCOCC4)c(Br)cc32)ccc1C(F)F. The Hall–Kier alpha value is -3.36. The lowest BCUT2D eigenvalue weighted by Gasteiger charge is -2.23. The van der Waals surface area contributed by atoms with Gasteiger partial charge >= 0.3 is 0 Å². The number of hydrogen-bond acceptors (Lipinski definition) is 6. The molecule has 34 heavy (non-hydrogen) atoms. The molecule has 174 valence electrons. The summed E-state index contributed by atoms with van der Waals surface area (Å²) in [6.07, 6.45) is 0.543. The summed E-state index contributed by atoms with van der Waals surface area (Å²) in [5.74, 6) is 1.04. The lowest BCUT2D eigenvalue weighted by atomic mass is 10.1. The van der Waals surface area contributed by atoms with E-state index in [1.807, 2.05) is 18.2 Å². The van der Waals surface area contributed by atoms with Gasteiger partial charge in [-0.05, 0) is 47.1 Å². The van der Waals surface area contributed by atoms with Gasteiger partial charge in [-0.15, -0.1) is 0 Å². The molecule has 0 atom stereocenters. The Balaban J connectivity index is 1.56. The van der Waals surface area contributed by atoms with E-state index in [9.17, 15) is 8.78 Å². The van der Waals surface area contributed by atoms with Gasteiger partial charge < -0.3 is 9.47 Å². The highest BCUT2D eigenvalue weighted by molar-refractivity contribution is 9.10. The predicted molar refractivity (Wildman–Crippen MR) is 123 cm³/mol. The maximum Gasteiger partial charge on any atom is 0.267 e. The Morgan fingerprint density at radius 1 is 1.24 bits per heavy atom. The molecule has 0 saturated carbocycles. The van der Waals surface area contributed by atoms with Gasteiger partial charge in [0.15, 0.2) is 11.5 Å². The van der Waals surface area contributed by atoms with Gasteiger partial charge in [0.1, 0.15) is 30.1 Å². The van der Waals surface area contributed by atoms with Crippen molar-refractivity contribution >= 4 is 27.0 Å². The molecule has 11 heteroatoms. The van der Waals surface area contributed by atoms with Crippen molar-refractivity contribution in [3.05, 3.63) is 58.1 Å². The van der Waals surface area contributed by atoms with E-state index in [4.69, 9.17) is 14.7 Å². The van der Waals surface area contributed by atoms with E-state index in [0.29, 0.717) is 36.0 Å². The van der Waals surface area contributed by atoms with Gasteiger partial charge in [-0.2, -0.15) is 10.4 Å². The number of halogens is 3. The molecule has 0 amide bonds. The van der Waals surface area contributed by atoms with Crippen LogP contribution in [0, 0.1) is 18.3 Å². The van der Waals surface area contributed by atoms with Crippen LogP contribution in [0.15, 0.2) is 41.1 Å². The molecule has 1 saturated heterocycles. The molecule has 0 bridgehead atoms. The summed E-state index contributed by atoms with van der Waals surface area (Å²) in [5, 5.41) is 13.3. The lowest BCUT2D eigenvalue weighted by Crippen LogP contribution is -2.26. The number of aryl methyl sites for hydroxylation is 1. The maximum absolute atomic E-state index is 13.8. The lowest BCUT2D eigenvalue weighted by molar-refractivity contribution is 0.0253. The predicted octanol–water partition coefficient (Wildman–Crippen LogP) is 5.04. The third kappa shape index (κ3) is 4.15. The van der Waals surface area contributed by atoms with Crippen LogP contribution >= 0.6 is 15.9 Å². The number of ether oxygens (including phenoxy) is 2. The third-order valence-corrected chi connectivity index (χ3v) is 6.26. The largest absolute Gasteiger partial charge is 0.489 e. The number of imidazole rings is 1. The Kier molecular flexibility index (Phi) is 6.02. The van der Waals surface area contributed by atoms with Gasteiger partial charge in [-0.25, -0.2) is 23.4 Å². The second-order valence-electron chi connectivity index (χ2n) is 7.89. The average Bonchev–Trinajstić information content (AvgIpc) is 3.42. The van der Waals surface area contributed by atoms with E-state index in [1.54, 1.807) is 17.8 Å². The van der Waals surface area contributed by atoms with Crippen molar-refractivity contribution in [2.45, 2.75) is 32.3 Å². The first-order valence-corrected chi connectivity index (χ1v) is 11.4. The topological polar surface area (TPSA) is 90.8 Å². The number of alkyl halides is 2. The number of nitrogens with zero attached hydrogens (tertiary/aromatic N) is 6. The van der Waals surface area contributed by atoms with Gasteiger partial charge in [-0.1, -0.05) is 0 Å². The van der Waals surface area contributed by atoms with Gasteiger partial charge in [0, 0.05) is 24.6 Å². The zero-order chi connectivity index (χ0) is 23.8. The molecule has 1 aromatic carbocycles. The van der Waals surface area contributed by atoms with E-state index in [0.717, 1.165) is 22.8 Å². The summed E-state index contributed by atoms with van der Waals surface area (Å²) < 4.78 is 42.8. The standard InChI is InChI=1S/C23H19BrF2N6O2/c1-13-8-14(11-27)30-32(13)23-16(22(25)26)2-3-21(29-23)31-12-28-18-10-20(17(24)9-19(18)31)34-15-4-6-33-7-5-15/h2-3,8-10,12,15,22H,4-7H2,1H3. The van der Waals surface area contributed by atoms with E-state index in [1.165, 1.54) is 22.9 Å². The Labute approximate surface area is 201 Å².